The van der Waals surface area contributed by atoms with Crippen LogP contribution in [-0.4, -0.2) is 27.8 Å². The normalized spacial score (nSPS) is 11.9. The van der Waals surface area contributed by atoms with Crippen molar-refractivity contribution < 1.29 is 9.84 Å². The Hall–Kier alpha value is -1.62. The summed E-state index contributed by atoms with van der Waals surface area (Å²) in [5.41, 5.74) is 0.768. The van der Waals surface area contributed by atoms with Crippen LogP contribution in [0, 0.1) is 0 Å². The van der Waals surface area contributed by atoms with Gasteiger partial charge in [0.15, 0.2) is 0 Å². The summed E-state index contributed by atoms with van der Waals surface area (Å²) in [5.74, 6) is 1.37. The number of rotatable bonds is 5. The quantitative estimate of drug-likeness (QED) is 0.507. The van der Waals surface area contributed by atoms with E-state index in [0.29, 0.717) is 5.88 Å². The fourth-order valence-corrected chi connectivity index (χ4v) is 1.35. The van der Waals surface area contributed by atoms with Gasteiger partial charge in [0.25, 0.3) is 0 Å². The van der Waals surface area contributed by atoms with Gasteiger partial charge >= 0.3 is 0 Å². The molecule has 1 N–H and O–H groups in total. The Morgan fingerprint density at radius 1 is 1.47 bits per heavy atom. The number of aliphatic hydroxyl groups is 1. The molecule has 0 aliphatic heterocycles. The standard InChI is InChI=1S/C12H19N3O2.C2H6/c1-4-6-12(17-3)14-11(5-2)15-8-10(9-16)7-13-15;1-2/h6-8,16H,4-5,9H2,1-3H3;1-2H3/b12-6+,14-11+;. The average Bonchev–Trinajstić information content (AvgIpc) is 2.94. The smallest absolute Gasteiger partial charge is 0.210 e. The summed E-state index contributed by atoms with van der Waals surface area (Å²) in [6, 6.07) is 0. The summed E-state index contributed by atoms with van der Waals surface area (Å²) in [6.07, 6.45) is 6.90. The molecule has 0 radical (unpaired) electrons. The molecule has 0 bridgehead atoms. The van der Waals surface area contributed by atoms with Crippen molar-refractivity contribution in [1.82, 2.24) is 9.78 Å². The Bertz CT molecular complexity index is 409. The maximum atomic E-state index is 8.99. The highest BCUT2D eigenvalue weighted by molar-refractivity contribution is 5.84. The molecule has 5 nitrogen and oxygen atoms in total. The molecule has 0 atom stereocenters. The average molecular weight is 267 g/mol. The lowest BCUT2D eigenvalue weighted by molar-refractivity contribution is 0.282. The van der Waals surface area contributed by atoms with Crippen molar-refractivity contribution in [2.24, 2.45) is 4.99 Å². The molecule has 5 heteroatoms. The number of aliphatic hydroxyl groups excluding tert-OH is 1. The van der Waals surface area contributed by atoms with Gasteiger partial charge in [0.1, 0.15) is 5.84 Å². The molecule has 1 aromatic rings. The minimum atomic E-state index is -0.0150. The summed E-state index contributed by atoms with van der Waals surface area (Å²) >= 11 is 0. The Morgan fingerprint density at radius 3 is 2.58 bits per heavy atom. The predicted octanol–water partition coefficient (Wildman–Crippen LogP) is 2.96. The van der Waals surface area contributed by atoms with Gasteiger partial charge in [-0.1, -0.05) is 27.7 Å². The highest BCUT2D eigenvalue weighted by atomic mass is 16.5. The number of methoxy groups -OCH3 is 1. The molecule has 0 aliphatic rings. The highest BCUT2D eigenvalue weighted by Gasteiger charge is 2.04. The van der Waals surface area contributed by atoms with Crippen LogP contribution in [0.5, 0.6) is 0 Å². The van der Waals surface area contributed by atoms with Crippen LogP contribution in [0.4, 0.5) is 0 Å². The summed E-state index contributed by atoms with van der Waals surface area (Å²) in [5, 5.41) is 13.1. The van der Waals surface area contributed by atoms with E-state index in [0.717, 1.165) is 24.2 Å². The Labute approximate surface area is 115 Å². The molecule has 0 aliphatic carbocycles. The first-order valence-electron chi connectivity index (χ1n) is 6.71. The van der Waals surface area contributed by atoms with Crippen LogP contribution >= 0.6 is 0 Å². The van der Waals surface area contributed by atoms with E-state index < -0.39 is 0 Å². The molecule has 0 spiro atoms. The van der Waals surface area contributed by atoms with E-state index in [4.69, 9.17) is 9.84 Å². The van der Waals surface area contributed by atoms with Gasteiger partial charge < -0.3 is 9.84 Å². The third-order valence-electron chi connectivity index (χ3n) is 2.23. The lowest BCUT2D eigenvalue weighted by Crippen LogP contribution is -2.12. The minimum absolute atomic E-state index is 0.0150. The number of hydrogen-bond donors (Lipinski definition) is 1. The SMILES string of the molecule is CC.CC/C=C(\N=C(/CC)n1cc(CO)cn1)OC. The van der Waals surface area contributed by atoms with Crippen LogP contribution in [-0.2, 0) is 11.3 Å². The number of aromatic nitrogens is 2. The maximum Gasteiger partial charge on any atom is 0.210 e. The van der Waals surface area contributed by atoms with E-state index >= 15 is 0 Å². The molecule has 1 heterocycles. The van der Waals surface area contributed by atoms with Crippen LogP contribution < -0.4 is 0 Å². The lowest BCUT2D eigenvalue weighted by atomic mass is 10.4. The second-order valence-electron chi connectivity index (χ2n) is 3.49. The van der Waals surface area contributed by atoms with Gasteiger partial charge in [-0.05, 0) is 12.5 Å². The van der Waals surface area contributed by atoms with Gasteiger partial charge in [-0.2, -0.15) is 10.1 Å². The van der Waals surface area contributed by atoms with Crippen LogP contribution in [0.15, 0.2) is 29.3 Å². The second kappa shape index (κ2) is 10.3. The number of hydrogen-bond acceptors (Lipinski definition) is 4. The molecule has 1 aromatic heterocycles. The highest BCUT2D eigenvalue weighted by Crippen LogP contribution is 2.05. The molecule has 0 aromatic carbocycles. The van der Waals surface area contributed by atoms with Crippen molar-refractivity contribution in [3.05, 3.63) is 29.9 Å². The number of nitrogens with zero attached hydrogens (tertiary/aromatic N) is 3. The molecular formula is C14H25N3O2. The maximum absolute atomic E-state index is 8.99. The molecule has 19 heavy (non-hydrogen) atoms. The van der Waals surface area contributed by atoms with Gasteiger partial charge in [-0.3, -0.25) is 0 Å². The van der Waals surface area contributed by atoms with Crippen molar-refractivity contribution in [1.29, 1.82) is 0 Å². The number of allylic oxidation sites excluding steroid dienone is 1. The van der Waals surface area contributed by atoms with E-state index in [-0.39, 0.29) is 6.61 Å². The topological polar surface area (TPSA) is 59.6 Å². The first kappa shape index (κ1) is 17.4. The first-order valence-corrected chi connectivity index (χ1v) is 6.71. The third-order valence-corrected chi connectivity index (χ3v) is 2.23. The van der Waals surface area contributed by atoms with Gasteiger partial charge in [-0.15, -0.1) is 0 Å². The minimum Gasteiger partial charge on any atom is -0.481 e. The summed E-state index contributed by atoms with van der Waals surface area (Å²) < 4.78 is 6.82. The van der Waals surface area contributed by atoms with Gasteiger partial charge in [0.05, 0.1) is 19.9 Å². The Morgan fingerprint density at radius 2 is 2.16 bits per heavy atom. The molecule has 108 valence electrons. The van der Waals surface area contributed by atoms with E-state index in [1.165, 1.54) is 0 Å². The lowest BCUT2D eigenvalue weighted by Gasteiger charge is -2.05. The van der Waals surface area contributed by atoms with Crippen LogP contribution in [0.1, 0.15) is 46.1 Å². The van der Waals surface area contributed by atoms with Crippen molar-refractivity contribution >= 4 is 5.84 Å². The molecule has 0 saturated heterocycles. The molecule has 1 rings (SSSR count). The molecule has 0 saturated carbocycles. The number of aliphatic imine (C=N–C) groups is 1. The summed E-state index contributed by atoms with van der Waals surface area (Å²) in [4.78, 5) is 4.40. The molecule has 0 unspecified atom stereocenters. The summed E-state index contributed by atoms with van der Waals surface area (Å²) in [7, 11) is 1.60. The van der Waals surface area contributed by atoms with Gasteiger partial charge in [0, 0.05) is 18.2 Å². The largest absolute Gasteiger partial charge is 0.481 e. The zero-order valence-electron chi connectivity index (χ0n) is 12.6. The van der Waals surface area contributed by atoms with E-state index in [2.05, 4.69) is 10.1 Å². The van der Waals surface area contributed by atoms with Gasteiger partial charge in [-0.25, -0.2) is 4.68 Å². The predicted molar refractivity (Wildman–Crippen MR) is 78.0 cm³/mol. The zero-order valence-corrected chi connectivity index (χ0v) is 12.6. The van der Waals surface area contributed by atoms with Crippen LogP contribution in [0.25, 0.3) is 0 Å². The molecular weight excluding hydrogens is 242 g/mol. The van der Waals surface area contributed by atoms with E-state index in [1.807, 2.05) is 33.8 Å². The fraction of sp³-hybridized carbons (Fsp3) is 0.571. The zero-order chi connectivity index (χ0) is 14.7. The first-order chi connectivity index (χ1) is 9.24. The third kappa shape index (κ3) is 5.70. The van der Waals surface area contributed by atoms with E-state index in [9.17, 15) is 0 Å². The molecule has 0 amide bonds. The fourth-order valence-electron chi connectivity index (χ4n) is 1.35. The number of ether oxygens (including phenoxy) is 1. The van der Waals surface area contributed by atoms with Crippen LogP contribution in [0.3, 0.4) is 0 Å². The van der Waals surface area contributed by atoms with Crippen molar-refractivity contribution in [2.45, 2.75) is 47.1 Å². The van der Waals surface area contributed by atoms with Crippen molar-refractivity contribution in [3.8, 4) is 0 Å². The van der Waals surface area contributed by atoms with E-state index in [1.54, 1.807) is 24.2 Å². The van der Waals surface area contributed by atoms with Crippen molar-refractivity contribution in [3.63, 3.8) is 0 Å². The summed E-state index contributed by atoms with van der Waals surface area (Å²) in [6.45, 7) is 8.01. The van der Waals surface area contributed by atoms with Gasteiger partial charge in [0.2, 0.25) is 5.88 Å². The van der Waals surface area contributed by atoms with Crippen molar-refractivity contribution in [2.75, 3.05) is 7.11 Å². The monoisotopic (exact) mass is 267 g/mol. The van der Waals surface area contributed by atoms with Crippen LogP contribution in [0.2, 0.25) is 0 Å². The second-order valence-corrected chi connectivity index (χ2v) is 3.49. The Balaban J connectivity index is 0.00000154. The molecule has 0 fully saturated rings. The Kier molecular flexibility index (Phi) is 9.44.